The van der Waals surface area contributed by atoms with Crippen LogP contribution >= 0.6 is 0 Å². The third-order valence-electron chi connectivity index (χ3n) is 1.39. The third-order valence-corrected chi connectivity index (χ3v) is 9.30. The summed E-state index contributed by atoms with van der Waals surface area (Å²) >= 11 is -1.64. The van der Waals surface area contributed by atoms with Gasteiger partial charge < -0.3 is 0 Å². The Balaban J connectivity index is 0. The first-order valence-electron chi connectivity index (χ1n) is 5.19. The third kappa shape index (κ3) is 10.8. The molecule has 0 spiro atoms. The number of rotatable bonds is 3. The van der Waals surface area contributed by atoms with Crippen molar-refractivity contribution in [3.8, 4) is 0 Å². The number of hydrogen-bond acceptors (Lipinski definition) is 3. The molecule has 88 valence electrons. The van der Waals surface area contributed by atoms with Gasteiger partial charge in [-0.3, -0.25) is 0 Å². The zero-order valence-corrected chi connectivity index (χ0v) is 14.8. The normalized spacial score (nSPS) is 11.6. The maximum absolute atomic E-state index is 2.38. The van der Waals surface area contributed by atoms with Crippen LogP contribution in [0.15, 0.2) is 0 Å². The van der Waals surface area contributed by atoms with Crippen molar-refractivity contribution in [2.24, 2.45) is 5.92 Å². The summed E-state index contributed by atoms with van der Waals surface area (Å²) in [6.07, 6.45) is 0. The average molecular weight is 310 g/mol. The first-order valence-corrected chi connectivity index (χ1v) is 9.61. The minimum atomic E-state index is -1.64. The second kappa shape index (κ2) is 8.94. The van der Waals surface area contributed by atoms with E-state index in [-0.39, 0.29) is 0 Å². The Hall–Kier alpha value is 0.679. The Morgan fingerprint density at radius 2 is 0.786 bits per heavy atom. The predicted octanol–water partition coefficient (Wildman–Crippen LogP) is 1.05. The molecule has 0 bridgehead atoms. The molecule has 0 rings (SSSR count). The molecule has 0 N–H and O–H groups in total. The second-order valence-electron chi connectivity index (χ2n) is 4.97. The molecule has 0 aromatic heterocycles. The maximum atomic E-state index is 2.38. The van der Waals surface area contributed by atoms with Crippen LogP contribution in [0.3, 0.4) is 0 Å². The summed E-state index contributed by atoms with van der Waals surface area (Å²) in [5, 5.41) is 0. The van der Waals surface area contributed by atoms with Crippen LogP contribution in [0.4, 0.5) is 0 Å². The van der Waals surface area contributed by atoms with Crippen LogP contribution < -0.4 is 0 Å². The molecule has 0 heterocycles. The summed E-state index contributed by atoms with van der Waals surface area (Å²) < 4.78 is 7.13. The summed E-state index contributed by atoms with van der Waals surface area (Å²) in [6, 6.07) is 0. The summed E-state index contributed by atoms with van der Waals surface area (Å²) in [6.45, 7) is 6.50. The van der Waals surface area contributed by atoms with Gasteiger partial charge in [-0.15, -0.1) is 0 Å². The van der Waals surface area contributed by atoms with Crippen molar-refractivity contribution < 1.29 is 0 Å². The van der Waals surface area contributed by atoms with Gasteiger partial charge in [0, 0.05) is 0 Å². The summed E-state index contributed by atoms with van der Waals surface area (Å²) in [5.74, 6) is 0.833. The van der Waals surface area contributed by atoms with Crippen LogP contribution in [0.2, 0.25) is 0 Å². The molecule has 4 heteroatoms. The van der Waals surface area contributed by atoms with Gasteiger partial charge in [0.05, 0.1) is 0 Å². The molecule has 0 aromatic rings. The minimum absolute atomic E-state index is 0.833. The van der Waals surface area contributed by atoms with E-state index >= 15 is 0 Å². The van der Waals surface area contributed by atoms with Crippen molar-refractivity contribution in [3.63, 3.8) is 0 Å². The van der Waals surface area contributed by atoms with E-state index in [4.69, 9.17) is 0 Å². The molecule has 0 radical (unpaired) electrons. The average Bonchev–Trinajstić information content (AvgIpc) is 1.80. The van der Waals surface area contributed by atoms with E-state index in [2.05, 4.69) is 72.4 Å². The van der Waals surface area contributed by atoms with Crippen LogP contribution in [0.25, 0.3) is 0 Å². The predicted molar refractivity (Wildman–Crippen MR) is 68.7 cm³/mol. The molecule has 0 aliphatic heterocycles. The van der Waals surface area contributed by atoms with E-state index in [1.54, 1.807) is 0 Å². The van der Waals surface area contributed by atoms with E-state index in [0.29, 0.717) is 0 Å². The number of nitrogens with zero attached hydrogens (tertiary/aromatic N) is 3. The molecule has 0 amide bonds. The SMILES string of the molecule is CC(C)C.C[N](C)[SnH]([N](C)C)[N](C)C. The first kappa shape index (κ1) is 17.1. The Bertz CT molecular complexity index is 103. The molecule has 0 fully saturated rings. The molecule has 0 aliphatic carbocycles. The zero-order chi connectivity index (χ0) is 11.9. The first-order chi connectivity index (χ1) is 6.20. The molecular weight excluding hydrogens is 281 g/mol. The summed E-state index contributed by atoms with van der Waals surface area (Å²) in [5.41, 5.74) is 0. The van der Waals surface area contributed by atoms with Crippen LogP contribution in [-0.2, 0) is 0 Å². The van der Waals surface area contributed by atoms with Crippen molar-refractivity contribution in [1.29, 1.82) is 0 Å². The van der Waals surface area contributed by atoms with Crippen molar-refractivity contribution in [2.45, 2.75) is 20.8 Å². The van der Waals surface area contributed by atoms with Crippen molar-refractivity contribution in [3.05, 3.63) is 0 Å². The van der Waals surface area contributed by atoms with Crippen LogP contribution in [0.1, 0.15) is 20.8 Å². The van der Waals surface area contributed by atoms with Gasteiger partial charge in [0.25, 0.3) is 0 Å². The summed E-state index contributed by atoms with van der Waals surface area (Å²) in [7, 11) is 13.0. The fourth-order valence-electron chi connectivity index (χ4n) is 1.39. The van der Waals surface area contributed by atoms with Crippen molar-refractivity contribution >= 4 is 20.6 Å². The second-order valence-corrected chi connectivity index (χ2v) is 15.8. The molecule has 0 unspecified atom stereocenters. The molecule has 0 atom stereocenters. The quantitative estimate of drug-likeness (QED) is 0.722. The van der Waals surface area contributed by atoms with Gasteiger partial charge in [0.1, 0.15) is 0 Å². The zero-order valence-electron chi connectivity index (χ0n) is 11.5. The molecular formula is C10H29N3Sn. The molecule has 0 aromatic carbocycles. The van der Waals surface area contributed by atoms with Gasteiger partial charge in [-0.25, -0.2) is 0 Å². The van der Waals surface area contributed by atoms with Gasteiger partial charge in [0.2, 0.25) is 0 Å². The van der Waals surface area contributed by atoms with Gasteiger partial charge in [-0.2, -0.15) is 0 Å². The van der Waals surface area contributed by atoms with E-state index in [1.807, 2.05) is 0 Å². The van der Waals surface area contributed by atoms with E-state index in [1.165, 1.54) is 0 Å². The van der Waals surface area contributed by atoms with E-state index in [9.17, 15) is 0 Å². The standard InChI is InChI=1S/C4H10.3C2H6N.Sn.H/c1-4(2)3;3*1-3-2;;/h4H,1-3H3;3*1-2H3;;/q;3*-1;+3;. The van der Waals surface area contributed by atoms with Gasteiger partial charge in [-0.05, 0) is 5.92 Å². The van der Waals surface area contributed by atoms with Crippen molar-refractivity contribution in [2.75, 3.05) is 42.3 Å². The molecule has 3 nitrogen and oxygen atoms in total. The van der Waals surface area contributed by atoms with Crippen LogP contribution in [0.5, 0.6) is 0 Å². The Kier molecular flexibility index (Phi) is 10.9. The van der Waals surface area contributed by atoms with Gasteiger partial charge in [0.15, 0.2) is 0 Å². The van der Waals surface area contributed by atoms with Gasteiger partial charge >= 0.3 is 72.2 Å². The summed E-state index contributed by atoms with van der Waals surface area (Å²) in [4.78, 5) is 0. The van der Waals surface area contributed by atoms with E-state index in [0.717, 1.165) is 5.92 Å². The fourth-order valence-corrected chi connectivity index (χ4v) is 9.30. The molecule has 14 heavy (non-hydrogen) atoms. The molecule has 0 saturated carbocycles. The van der Waals surface area contributed by atoms with Crippen LogP contribution in [0, 0.1) is 5.92 Å². The fraction of sp³-hybridized carbons (Fsp3) is 1.00. The molecule has 0 aliphatic rings. The van der Waals surface area contributed by atoms with E-state index < -0.39 is 20.6 Å². The van der Waals surface area contributed by atoms with Crippen molar-refractivity contribution in [1.82, 2.24) is 9.36 Å². The Morgan fingerprint density at radius 1 is 0.643 bits per heavy atom. The Labute approximate surface area is 98.9 Å². The Morgan fingerprint density at radius 3 is 0.786 bits per heavy atom. The van der Waals surface area contributed by atoms with Crippen LogP contribution in [-0.4, -0.2) is 72.2 Å². The monoisotopic (exact) mass is 311 g/mol. The molecule has 0 saturated heterocycles. The number of hydrogen-bond donors (Lipinski definition) is 0. The topological polar surface area (TPSA) is 9.72 Å². The van der Waals surface area contributed by atoms with Gasteiger partial charge in [-0.1, -0.05) is 20.8 Å².